The molecule has 0 amide bonds. The number of halogens is 1. The molecule has 0 aromatic heterocycles. The van der Waals surface area contributed by atoms with Crippen molar-refractivity contribution >= 4 is 15.9 Å². The minimum atomic E-state index is 0.477. The van der Waals surface area contributed by atoms with E-state index in [1.54, 1.807) is 0 Å². The van der Waals surface area contributed by atoms with E-state index >= 15 is 0 Å². The van der Waals surface area contributed by atoms with E-state index in [0.29, 0.717) is 16.3 Å². The quantitative estimate of drug-likeness (QED) is 0.535. The third-order valence-corrected chi connectivity index (χ3v) is 6.53. The summed E-state index contributed by atoms with van der Waals surface area (Å²) in [5.74, 6) is 0. The van der Waals surface area contributed by atoms with Gasteiger partial charge in [-0.15, -0.1) is 0 Å². The zero-order valence-electron chi connectivity index (χ0n) is 12.2. The fraction of sp³-hybridized carbons (Fsp3) is 0.667. The summed E-state index contributed by atoms with van der Waals surface area (Å²) in [7, 11) is 0. The molecular formula is C18H25BrO. The normalized spacial score (nSPS) is 28.2. The van der Waals surface area contributed by atoms with Crippen molar-refractivity contribution < 1.29 is 4.74 Å². The summed E-state index contributed by atoms with van der Waals surface area (Å²) in [4.78, 5) is 0.703. The predicted octanol–water partition coefficient (Wildman–Crippen LogP) is 5.12. The largest absolute Gasteiger partial charge is 0.378 e. The Labute approximate surface area is 131 Å². The molecule has 0 bridgehead atoms. The van der Waals surface area contributed by atoms with Crippen molar-refractivity contribution in [1.29, 1.82) is 0 Å². The van der Waals surface area contributed by atoms with E-state index in [4.69, 9.17) is 4.74 Å². The summed E-state index contributed by atoms with van der Waals surface area (Å²) in [6.45, 7) is 0.918. The molecule has 1 nitrogen and oxygen atoms in total. The van der Waals surface area contributed by atoms with Gasteiger partial charge in [-0.2, -0.15) is 0 Å². The number of ether oxygens (including phenoxy) is 1. The fourth-order valence-corrected chi connectivity index (χ4v) is 5.02. The molecule has 2 unspecified atom stereocenters. The summed E-state index contributed by atoms with van der Waals surface area (Å²) >= 11 is 3.88. The Morgan fingerprint density at radius 2 is 1.85 bits per heavy atom. The molecule has 2 heteroatoms. The van der Waals surface area contributed by atoms with Gasteiger partial charge in [0.15, 0.2) is 0 Å². The maximum atomic E-state index is 6.23. The lowest BCUT2D eigenvalue weighted by atomic mass is 9.58. The van der Waals surface area contributed by atoms with E-state index < -0.39 is 0 Å². The maximum absolute atomic E-state index is 6.23. The number of benzene rings is 1. The lowest BCUT2D eigenvalue weighted by Crippen LogP contribution is -2.56. The van der Waals surface area contributed by atoms with Gasteiger partial charge in [-0.05, 0) is 37.7 Å². The molecule has 0 N–H and O–H groups in total. The molecule has 3 rings (SSSR count). The van der Waals surface area contributed by atoms with E-state index in [9.17, 15) is 0 Å². The Hall–Kier alpha value is -0.340. The zero-order valence-corrected chi connectivity index (χ0v) is 13.8. The molecule has 2 fully saturated rings. The number of rotatable bonds is 5. The van der Waals surface area contributed by atoms with E-state index in [1.165, 1.54) is 44.1 Å². The van der Waals surface area contributed by atoms with Crippen LogP contribution in [0.15, 0.2) is 30.3 Å². The third kappa shape index (κ3) is 2.96. The second-order valence-corrected chi connectivity index (χ2v) is 7.55. The minimum Gasteiger partial charge on any atom is -0.378 e. The van der Waals surface area contributed by atoms with Crippen LogP contribution in [0.1, 0.15) is 50.5 Å². The fourth-order valence-electron chi connectivity index (χ4n) is 3.92. The molecule has 20 heavy (non-hydrogen) atoms. The molecule has 1 spiro atoms. The van der Waals surface area contributed by atoms with Crippen molar-refractivity contribution in [2.24, 2.45) is 5.41 Å². The average Bonchev–Trinajstić information content (AvgIpc) is 2.52. The first-order valence-corrected chi connectivity index (χ1v) is 9.02. The monoisotopic (exact) mass is 336 g/mol. The molecule has 2 aliphatic carbocycles. The molecule has 0 aliphatic heterocycles. The second kappa shape index (κ2) is 6.62. The maximum Gasteiger partial charge on any atom is 0.0652 e. The number of hydrogen-bond donors (Lipinski definition) is 0. The van der Waals surface area contributed by atoms with Crippen LogP contribution < -0.4 is 0 Å². The zero-order chi connectivity index (χ0) is 13.8. The lowest BCUT2D eigenvalue weighted by molar-refractivity contribution is -0.120. The second-order valence-electron chi connectivity index (χ2n) is 6.45. The van der Waals surface area contributed by atoms with Gasteiger partial charge in [0.1, 0.15) is 0 Å². The van der Waals surface area contributed by atoms with Gasteiger partial charge in [0.05, 0.1) is 6.10 Å². The average molecular weight is 337 g/mol. The first-order valence-electron chi connectivity index (χ1n) is 8.11. The van der Waals surface area contributed by atoms with Crippen LogP contribution >= 0.6 is 15.9 Å². The minimum absolute atomic E-state index is 0.477. The van der Waals surface area contributed by atoms with Crippen LogP contribution in [0.25, 0.3) is 0 Å². The SMILES string of the molecule is BrC1CC(OCCCc2ccccc2)C12CCCCC2. The van der Waals surface area contributed by atoms with E-state index in [1.807, 2.05) is 0 Å². The van der Waals surface area contributed by atoms with E-state index in [2.05, 4.69) is 46.3 Å². The molecule has 1 aromatic carbocycles. The summed E-state index contributed by atoms with van der Waals surface area (Å²) in [5, 5.41) is 0. The Morgan fingerprint density at radius 3 is 2.55 bits per heavy atom. The number of aryl methyl sites for hydroxylation is 1. The first-order chi connectivity index (χ1) is 9.81. The molecule has 2 atom stereocenters. The Balaban J connectivity index is 1.42. The molecule has 0 radical (unpaired) electrons. The van der Waals surface area contributed by atoms with Crippen LogP contribution in [0, 0.1) is 5.41 Å². The standard InChI is InChI=1S/C18H25BrO/c19-16-14-17(18(16)11-5-2-6-12-18)20-13-7-10-15-8-3-1-4-9-15/h1,3-4,8-9,16-17H,2,5-7,10-14H2. The highest BCUT2D eigenvalue weighted by Gasteiger charge is 2.54. The smallest absolute Gasteiger partial charge is 0.0652 e. The first kappa shape index (κ1) is 14.6. The van der Waals surface area contributed by atoms with Crippen LogP contribution in [0.5, 0.6) is 0 Å². The Bertz CT molecular complexity index is 411. The number of alkyl halides is 1. The van der Waals surface area contributed by atoms with Crippen molar-refractivity contribution in [1.82, 2.24) is 0 Å². The molecular weight excluding hydrogens is 312 g/mol. The van der Waals surface area contributed by atoms with Gasteiger partial charge in [-0.25, -0.2) is 0 Å². The van der Waals surface area contributed by atoms with Gasteiger partial charge in [-0.3, -0.25) is 0 Å². The number of hydrogen-bond acceptors (Lipinski definition) is 1. The van der Waals surface area contributed by atoms with Crippen LogP contribution in [-0.2, 0) is 11.2 Å². The van der Waals surface area contributed by atoms with Crippen molar-refractivity contribution in [3.05, 3.63) is 35.9 Å². The van der Waals surface area contributed by atoms with Gasteiger partial charge in [0, 0.05) is 16.8 Å². The van der Waals surface area contributed by atoms with Gasteiger partial charge in [-0.1, -0.05) is 65.5 Å². The highest BCUT2D eigenvalue weighted by molar-refractivity contribution is 9.09. The highest BCUT2D eigenvalue weighted by atomic mass is 79.9. The van der Waals surface area contributed by atoms with Gasteiger partial charge < -0.3 is 4.74 Å². The lowest BCUT2D eigenvalue weighted by Gasteiger charge is -2.55. The van der Waals surface area contributed by atoms with Crippen molar-refractivity contribution in [3.63, 3.8) is 0 Å². The van der Waals surface area contributed by atoms with Crippen molar-refractivity contribution in [3.8, 4) is 0 Å². The summed E-state index contributed by atoms with van der Waals surface area (Å²) < 4.78 is 6.23. The Kier molecular flexibility index (Phi) is 4.83. The summed E-state index contributed by atoms with van der Waals surface area (Å²) in [5.41, 5.74) is 1.90. The summed E-state index contributed by atoms with van der Waals surface area (Å²) in [6.07, 6.45) is 11.0. The molecule has 0 heterocycles. The van der Waals surface area contributed by atoms with Crippen molar-refractivity contribution in [2.45, 2.75) is 62.3 Å². The molecule has 0 saturated heterocycles. The van der Waals surface area contributed by atoms with Gasteiger partial charge in [0.25, 0.3) is 0 Å². The third-order valence-electron chi connectivity index (χ3n) is 5.24. The van der Waals surface area contributed by atoms with Gasteiger partial charge >= 0.3 is 0 Å². The predicted molar refractivity (Wildman–Crippen MR) is 87.4 cm³/mol. The van der Waals surface area contributed by atoms with Crippen LogP contribution in [0.2, 0.25) is 0 Å². The van der Waals surface area contributed by atoms with E-state index in [-0.39, 0.29) is 0 Å². The van der Waals surface area contributed by atoms with Crippen molar-refractivity contribution in [2.75, 3.05) is 6.61 Å². The van der Waals surface area contributed by atoms with Crippen LogP contribution in [-0.4, -0.2) is 17.5 Å². The topological polar surface area (TPSA) is 9.23 Å². The molecule has 2 aliphatic rings. The molecule has 110 valence electrons. The molecule has 2 saturated carbocycles. The highest BCUT2D eigenvalue weighted by Crippen LogP contribution is 2.56. The summed E-state index contributed by atoms with van der Waals surface area (Å²) in [6, 6.07) is 10.7. The Morgan fingerprint density at radius 1 is 1.10 bits per heavy atom. The van der Waals surface area contributed by atoms with Crippen LogP contribution in [0.3, 0.4) is 0 Å². The molecule has 1 aromatic rings. The van der Waals surface area contributed by atoms with E-state index in [0.717, 1.165) is 19.4 Å². The van der Waals surface area contributed by atoms with Gasteiger partial charge in [0.2, 0.25) is 0 Å². The van der Waals surface area contributed by atoms with Crippen LogP contribution in [0.4, 0.5) is 0 Å².